The molecule has 0 unspecified atom stereocenters. The van der Waals surface area contributed by atoms with Crippen LogP contribution in [0, 0.1) is 5.82 Å². The first kappa shape index (κ1) is 43.8. The highest BCUT2D eigenvalue weighted by Gasteiger charge is 2.44. The number of halogens is 1. The second kappa shape index (κ2) is 18.2. The lowest BCUT2D eigenvalue weighted by Crippen LogP contribution is -2.47. The normalized spacial score (nSPS) is 19.6. The number of hydrogen-bond acceptors (Lipinski definition) is 14. The Kier molecular flexibility index (Phi) is 14.7. The molecule has 18 nitrogen and oxygen atoms in total. The van der Waals surface area contributed by atoms with E-state index in [2.05, 4.69) is 10.4 Å². The maximum atomic E-state index is 14.3. The van der Waals surface area contributed by atoms with Crippen LogP contribution in [0.15, 0.2) is 46.1 Å². The van der Waals surface area contributed by atoms with E-state index in [1.165, 1.54) is 19.1 Å². The number of esters is 3. The Balaban J connectivity index is 1.96. The van der Waals surface area contributed by atoms with Gasteiger partial charge in [0, 0.05) is 6.42 Å². The zero-order valence-corrected chi connectivity index (χ0v) is 32.4. The van der Waals surface area contributed by atoms with Gasteiger partial charge in [-0.3, -0.25) is 28.5 Å². The number of aromatic nitrogens is 2. The van der Waals surface area contributed by atoms with Gasteiger partial charge in [0.1, 0.15) is 47.5 Å². The van der Waals surface area contributed by atoms with Crippen molar-refractivity contribution in [2.45, 2.75) is 123 Å². The maximum Gasteiger partial charge on any atom is 0.459 e. The highest BCUT2D eigenvalue weighted by atomic mass is 31.2. The van der Waals surface area contributed by atoms with Crippen LogP contribution in [0.5, 0.6) is 5.75 Å². The number of hydrogen-bond donors (Lipinski definition) is 3. The number of nitrogens with one attached hydrogen (secondary N) is 3. The third kappa shape index (κ3) is 14.0. The van der Waals surface area contributed by atoms with Crippen LogP contribution in [0.1, 0.15) is 81.4 Å². The molecule has 1 aliphatic rings. The van der Waals surface area contributed by atoms with E-state index < -0.39 is 110 Å². The van der Waals surface area contributed by atoms with E-state index in [4.69, 9.17) is 32.7 Å². The average Bonchev–Trinajstić information content (AvgIpc) is 3.41. The first-order valence-corrected chi connectivity index (χ1v) is 18.5. The summed E-state index contributed by atoms with van der Waals surface area (Å²) in [6.45, 7) is 13.5. The molecule has 2 aromatic rings. The molecular formula is C34H48FN4O14P. The van der Waals surface area contributed by atoms with Gasteiger partial charge < -0.3 is 33.5 Å². The topological polar surface area (TPSA) is 229 Å². The lowest BCUT2D eigenvalue weighted by atomic mass is 10.1. The number of alkyl carbamates (subject to hydrolysis) is 1. The third-order valence-electron chi connectivity index (χ3n) is 6.88. The fraction of sp³-hybridized carbons (Fsp3) is 0.588. The fourth-order valence-corrected chi connectivity index (χ4v) is 6.25. The van der Waals surface area contributed by atoms with Gasteiger partial charge in [0.2, 0.25) is 5.82 Å². The Morgan fingerprint density at radius 2 is 1.63 bits per heavy atom. The summed E-state index contributed by atoms with van der Waals surface area (Å²) in [5, 5.41) is 4.81. The Labute approximate surface area is 310 Å². The van der Waals surface area contributed by atoms with Gasteiger partial charge in [0.15, 0.2) is 0 Å². The first-order chi connectivity index (χ1) is 24.9. The smallest absolute Gasteiger partial charge is 0.459 e. The van der Waals surface area contributed by atoms with Gasteiger partial charge in [-0.15, -0.1) is 0 Å². The molecule has 1 fully saturated rings. The Hall–Kier alpha value is -4.58. The quantitative estimate of drug-likeness (QED) is 0.133. The molecule has 3 rings (SSSR count). The highest BCUT2D eigenvalue weighted by Crippen LogP contribution is 2.46. The first-order valence-electron chi connectivity index (χ1n) is 17.0. The number of H-pyrrole nitrogens is 1. The van der Waals surface area contributed by atoms with Crippen molar-refractivity contribution in [2.75, 3.05) is 6.61 Å². The molecule has 3 N–H and O–H groups in total. The van der Waals surface area contributed by atoms with E-state index in [0.29, 0.717) is 10.8 Å². The van der Waals surface area contributed by atoms with Crippen molar-refractivity contribution in [1.82, 2.24) is 20.0 Å². The summed E-state index contributed by atoms with van der Waals surface area (Å²) >= 11 is 0. The van der Waals surface area contributed by atoms with Gasteiger partial charge in [-0.05, 0) is 74.4 Å². The summed E-state index contributed by atoms with van der Waals surface area (Å²) in [5.74, 6) is -4.05. The Morgan fingerprint density at radius 1 is 1.00 bits per heavy atom. The summed E-state index contributed by atoms with van der Waals surface area (Å²) in [6.07, 6.45) is -6.19. The number of ether oxygens (including phenoxy) is 5. The fourth-order valence-electron chi connectivity index (χ4n) is 4.75. The van der Waals surface area contributed by atoms with Crippen LogP contribution < -0.4 is 26.2 Å². The number of aromatic amines is 1. The van der Waals surface area contributed by atoms with Gasteiger partial charge in [0.25, 0.3) is 5.56 Å². The van der Waals surface area contributed by atoms with Gasteiger partial charge in [-0.25, -0.2) is 18.9 Å². The predicted molar refractivity (Wildman–Crippen MR) is 188 cm³/mol. The molecule has 1 aromatic heterocycles. The molecule has 0 saturated carbocycles. The molecule has 6 atom stereocenters. The summed E-state index contributed by atoms with van der Waals surface area (Å²) < 4.78 is 68.0. The van der Waals surface area contributed by atoms with Gasteiger partial charge in [-0.2, -0.15) is 9.48 Å². The van der Waals surface area contributed by atoms with Crippen molar-refractivity contribution < 1.29 is 60.9 Å². The number of benzene rings is 1. The van der Waals surface area contributed by atoms with Crippen molar-refractivity contribution in [1.29, 1.82) is 0 Å². The monoisotopic (exact) mass is 786 g/mol. The minimum Gasteiger partial charge on any atom is -0.462 e. The minimum atomic E-state index is -4.50. The molecule has 0 aliphatic carbocycles. The third-order valence-corrected chi connectivity index (χ3v) is 8.53. The molecular weight excluding hydrogens is 738 g/mol. The number of nitrogens with zero attached hydrogens (tertiary/aromatic N) is 1. The van der Waals surface area contributed by atoms with Crippen LogP contribution in [0.4, 0.5) is 9.18 Å². The molecule has 1 aliphatic heterocycles. The highest BCUT2D eigenvalue weighted by molar-refractivity contribution is 7.52. The SMILES string of the molecule is CC(C)OC(=O)[C@H](C)N[P@](=O)(OC[C@H]1O[C@@H](n2cc(F)c(=O)[nH]c2=O)C[C@@H]1OC(=O)[C@H](CC(=O)OC(C)(C)C)NC(=O)OC(C)(C)C)Oc1ccccc1. The van der Waals surface area contributed by atoms with Crippen LogP contribution in [0.2, 0.25) is 0 Å². The second-order valence-electron chi connectivity index (χ2n) is 14.5. The summed E-state index contributed by atoms with van der Waals surface area (Å²) in [7, 11) is -4.50. The number of rotatable bonds is 15. The van der Waals surface area contributed by atoms with E-state index in [1.54, 1.807) is 73.6 Å². The van der Waals surface area contributed by atoms with Crippen molar-refractivity contribution in [2.24, 2.45) is 0 Å². The minimum absolute atomic E-state index is 0.0828. The molecule has 0 radical (unpaired) electrons. The van der Waals surface area contributed by atoms with E-state index in [-0.39, 0.29) is 12.2 Å². The number of carbonyl (C=O) groups is 4. The zero-order valence-electron chi connectivity index (χ0n) is 31.5. The molecule has 0 spiro atoms. The number of para-hydroxylation sites is 1. The summed E-state index contributed by atoms with van der Waals surface area (Å²) in [5.41, 5.74) is -4.28. The molecule has 1 amide bonds. The van der Waals surface area contributed by atoms with Crippen molar-refractivity contribution >= 4 is 31.7 Å². The predicted octanol–water partition coefficient (Wildman–Crippen LogP) is 3.63. The lowest BCUT2D eigenvalue weighted by Gasteiger charge is -2.27. The molecule has 300 valence electrons. The van der Waals surface area contributed by atoms with Crippen molar-refractivity contribution in [3.8, 4) is 5.75 Å². The lowest BCUT2D eigenvalue weighted by molar-refractivity contribution is -0.163. The van der Waals surface area contributed by atoms with Crippen molar-refractivity contribution in [3.63, 3.8) is 0 Å². The van der Waals surface area contributed by atoms with E-state index in [9.17, 15) is 37.7 Å². The van der Waals surface area contributed by atoms with E-state index >= 15 is 0 Å². The van der Waals surface area contributed by atoms with E-state index in [1.807, 2.05) is 4.98 Å². The van der Waals surface area contributed by atoms with Gasteiger partial charge in [-0.1, -0.05) is 18.2 Å². The zero-order chi connectivity index (χ0) is 40.6. The molecule has 20 heteroatoms. The molecule has 2 heterocycles. The van der Waals surface area contributed by atoms with Crippen LogP contribution in [0.3, 0.4) is 0 Å². The van der Waals surface area contributed by atoms with Crippen LogP contribution in [-0.4, -0.2) is 81.8 Å². The maximum absolute atomic E-state index is 14.3. The summed E-state index contributed by atoms with van der Waals surface area (Å²) in [4.78, 5) is 78.0. The molecule has 0 bridgehead atoms. The average molecular weight is 787 g/mol. The largest absolute Gasteiger partial charge is 0.462 e. The Morgan fingerprint density at radius 3 is 2.22 bits per heavy atom. The molecule has 1 saturated heterocycles. The number of amides is 1. The Bertz CT molecular complexity index is 1770. The number of carbonyl (C=O) groups excluding carboxylic acids is 4. The van der Waals surface area contributed by atoms with E-state index in [0.717, 1.165) is 0 Å². The van der Waals surface area contributed by atoms with Crippen molar-refractivity contribution in [3.05, 3.63) is 63.2 Å². The van der Waals surface area contributed by atoms with Crippen LogP contribution in [-0.2, 0) is 47.2 Å². The molecule has 54 heavy (non-hydrogen) atoms. The van der Waals surface area contributed by atoms with Gasteiger partial charge >= 0.3 is 37.4 Å². The standard InChI is InChI=1S/C34H48FN4O14P/c1-19(2)48-29(42)20(3)38-54(46,53-21-13-11-10-12-14-21)47-18-25-24(16-26(49-25)39-17-22(35)28(41)37-31(39)44)50-30(43)23(15-27(40)51-33(4,5)6)36-32(45)52-34(7,8)9/h10-14,17,19-20,23-26H,15-16,18H2,1-9H3,(H,36,45)(H,38,46)(H,37,41,44)/t20-,23-,24-,25+,26+,54-/m0/s1. The molecule has 1 aromatic carbocycles. The summed E-state index contributed by atoms with van der Waals surface area (Å²) in [6, 6.07) is 4.93. The van der Waals surface area contributed by atoms with Crippen LogP contribution >= 0.6 is 7.75 Å². The van der Waals surface area contributed by atoms with Crippen LogP contribution in [0.25, 0.3) is 0 Å². The second-order valence-corrected chi connectivity index (χ2v) is 16.2. The van der Waals surface area contributed by atoms with Gasteiger partial charge in [0.05, 0.1) is 25.3 Å².